The fourth-order valence-corrected chi connectivity index (χ4v) is 4.02. The fraction of sp³-hybridized carbons (Fsp3) is 0.385. The third kappa shape index (κ3) is 4.22. The van der Waals surface area contributed by atoms with Crippen LogP contribution in [-0.2, 0) is 15.0 Å². The number of rotatable bonds is 5. The molecule has 1 N–H and O–H groups in total. The summed E-state index contributed by atoms with van der Waals surface area (Å²) in [6.45, 7) is 10.7. The van der Waals surface area contributed by atoms with Gasteiger partial charge in [-0.05, 0) is 42.0 Å². The summed E-state index contributed by atoms with van der Waals surface area (Å²) in [5.41, 5.74) is 3.37. The van der Waals surface area contributed by atoms with Gasteiger partial charge in [-0.2, -0.15) is 0 Å². The van der Waals surface area contributed by atoms with E-state index in [-0.39, 0.29) is 16.7 Å². The first-order valence-electron chi connectivity index (χ1n) is 10.6. The summed E-state index contributed by atoms with van der Waals surface area (Å²) in [7, 11) is 1.51. The van der Waals surface area contributed by atoms with Gasteiger partial charge < -0.3 is 14.7 Å². The molecule has 0 radical (unpaired) electrons. The van der Waals surface area contributed by atoms with Gasteiger partial charge in [-0.25, -0.2) is 0 Å². The van der Waals surface area contributed by atoms with Crippen LogP contribution in [0.15, 0.2) is 48.0 Å². The lowest BCUT2D eigenvalue weighted by atomic mass is 9.85. The van der Waals surface area contributed by atoms with Gasteiger partial charge in [0.2, 0.25) is 0 Å². The van der Waals surface area contributed by atoms with E-state index >= 15 is 0 Å². The zero-order valence-electron chi connectivity index (χ0n) is 19.2. The standard InChI is InChI=1S/C26H31NO4/c1-7-14-27-22(17-9-11-18(12-10-17)26(3,4)5)21(24(29)25(27)30)23(28)19-15-16(2)8-13-20(19)31-6/h8-13,15,22,28H,7,14H2,1-6H3/b23-21+. The lowest BCUT2D eigenvalue weighted by Gasteiger charge is -2.26. The van der Waals surface area contributed by atoms with Crippen molar-refractivity contribution < 1.29 is 19.4 Å². The minimum atomic E-state index is -0.667. The Kier molecular flexibility index (Phi) is 6.25. The van der Waals surface area contributed by atoms with E-state index in [1.54, 1.807) is 17.0 Å². The van der Waals surface area contributed by atoms with Crippen LogP contribution < -0.4 is 4.74 Å². The minimum Gasteiger partial charge on any atom is -0.507 e. The molecule has 31 heavy (non-hydrogen) atoms. The number of hydrogen-bond donors (Lipinski definition) is 1. The molecule has 0 saturated carbocycles. The first kappa shape index (κ1) is 22.6. The van der Waals surface area contributed by atoms with Crippen LogP contribution in [0.1, 0.15) is 62.4 Å². The number of likely N-dealkylation sites (tertiary alicyclic amines) is 1. The quantitative estimate of drug-likeness (QED) is 0.413. The van der Waals surface area contributed by atoms with E-state index in [0.717, 1.165) is 16.7 Å². The van der Waals surface area contributed by atoms with E-state index in [2.05, 4.69) is 20.8 Å². The van der Waals surface area contributed by atoms with Crippen LogP contribution in [0.4, 0.5) is 0 Å². The van der Waals surface area contributed by atoms with Crippen LogP contribution in [0.3, 0.4) is 0 Å². The second-order valence-electron chi connectivity index (χ2n) is 9.07. The van der Waals surface area contributed by atoms with Crippen molar-refractivity contribution in [1.82, 2.24) is 4.90 Å². The van der Waals surface area contributed by atoms with E-state index in [9.17, 15) is 14.7 Å². The summed E-state index contributed by atoms with van der Waals surface area (Å²) < 4.78 is 5.41. The molecular weight excluding hydrogens is 390 g/mol. The van der Waals surface area contributed by atoms with Crippen molar-refractivity contribution in [2.75, 3.05) is 13.7 Å². The lowest BCUT2D eigenvalue weighted by molar-refractivity contribution is -0.139. The number of nitrogens with zero attached hydrogens (tertiary/aromatic N) is 1. The SMILES string of the molecule is CCCN1C(=O)C(=O)/C(=C(/O)c2cc(C)ccc2OC)C1c1ccc(C(C)(C)C)cc1. The number of ether oxygens (including phenoxy) is 1. The minimum absolute atomic E-state index is 0.0152. The molecule has 5 heteroatoms. The van der Waals surface area contributed by atoms with Gasteiger partial charge >= 0.3 is 0 Å². The van der Waals surface area contributed by atoms with Crippen LogP contribution in [0.2, 0.25) is 0 Å². The molecule has 0 aromatic heterocycles. The van der Waals surface area contributed by atoms with Crippen molar-refractivity contribution in [1.29, 1.82) is 0 Å². The number of ketones is 1. The van der Waals surface area contributed by atoms with Crippen molar-refractivity contribution in [2.45, 2.75) is 52.5 Å². The molecule has 164 valence electrons. The number of methoxy groups -OCH3 is 1. The summed E-state index contributed by atoms with van der Waals surface area (Å²) in [5, 5.41) is 11.2. The highest BCUT2D eigenvalue weighted by Gasteiger charge is 2.46. The largest absolute Gasteiger partial charge is 0.507 e. The van der Waals surface area contributed by atoms with Crippen molar-refractivity contribution in [3.05, 3.63) is 70.3 Å². The van der Waals surface area contributed by atoms with Gasteiger partial charge in [0.25, 0.3) is 11.7 Å². The molecule has 1 aliphatic rings. The first-order valence-corrected chi connectivity index (χ1v) is 10.6. The van der Waals surface area contributed by atoms with E-state index in [1.165, 1.54) is 7.11 Å². The first-order chi connectivity index (χ1) is 14.6. The number of carbonyl (C=O) groups excluding carboxylic acids is 2. The van der Waals surface area contributed by atoms with Crippen LogP contribution in [0.5, 0.6) is 5.75 Å². The van der Waals surface area contributed by atoms with Gasteiger partial charge in [0.05, 0.1) is 24.3 Å². The molecule has 1 heterocycles. The highest BCUT2D eigenvalue weighted by atomic mass is 16.5. The highest BCUT2D eigenvalue weighted by Crippen LogP contribution is 2.41. The maximum Gasteiger partial charge on any atom is 0.295 e. The van der Waals surface area contributed by atoms with Crippen molar-refractivity contribution in [2.24, 2.45) is 0 Å². The molecule has 0 bridgehead atoms. The highest BCUT2D eigenvalue weighted by molar-refractivity contribution is 6.46. The van der Waals surface area contributed by atoms with Crippen molar-refractivity contribution in [3.8, 4) is 5.75 Å². The van der Waals surface area contributed by atoms with Crippen LogP contribution in [0, 0.1) is 6.92 Å². The van der Waals surface area contributed by atoms with Gasteiger partial charge in [0.1, 0.15) is 11.5 Å². The van der Waals surface area contributed by atoms with Gasteiger partial charge in [0.15, 0.2) is 0 Å². The Balaban J connectivity index is 2.21. The Morgan fingerprint density at radius 1 is 1.10 bits per heavy atom. The predicted octanol–water partition coefficient (Wildman–Crippen LogP) is 5.13. The average Bonchev–Trinajstić information content (AvgIpc) is 2.98. The molecule has 2 aromatic carbocycles. The number of carbonyl (C=O) groups is 2. The number of amides is 1. The Labute approximate surface area is 184 Å². The summed E-state index contributed by atoms with van der Waals surface area (Å²) in [5.74, 6) is -1.01. The molecule has 1 aliphatic heterocycles. The molecule has 0 aliphatic carbocycles. The summed E-state index contributed by atoms with van der Waals surface area (Å²) >= 11 is 0. The third-order valence-corrected chi connectivity index (χ3v) is 5.71. The van der Waals surface area contributed by atoms with Gasteiger partial charge in [-0.1, -0.05) is 63.6 Å². The molecule has 1 fully saturated rings. The van der Waals surface area contributed by atoms with E-state index in [0.29, 0.717) is 24.3 Å². The fourth-order valence-electron chi connectivity index (χ4n) is 4.02. The van der Waals surface area contributed by atoms with Crippen molar-refractivity contribution in [3.63, 3.8) is 0 Å². The van der Waals surface area contributed by atoms with E-state index in [4.69, 9.17) is 4.74 Å². The lowest BCUT2D eigenvalue weighted by Crippen LogP contribution is -2.30. The van der Waals surface area contributed by atoms with Crippen LogP contribution in [0.25, 0.3) is 5.76 Å². The zero-order valence-corrected chi connectivity index (χ0v) is 19.2. The third-order valence-electron chi connectivity index (χ3n) is 5.71. The van der Waals surface area contributed by atoms with Crippen LogP contribution in [-0.4, -0.2) is 35.4 Å². The normalized spacial score (nSPS) is 18.5. The summed E-state index contributed by atoms with van der Waals surface area (Å²) in [4.78, 5) is 27.5. The molecule has 5 nitrogen and oxygen atoms in total. The number of aliphatic hydroxyl groups is 1. The van der Waals surface area contributed by atoms with E-state index < -0.39 is 17.7 Å². The Morgan fingerprint density at radius 3 is 2.29 bits per heavy atom. The molecular formula is C26H31NO4. The van der Waals surface area contributed by atoms with Crippen molar-refractivity contribution >= 4 is 17.4 Å². The smallest absolute Gasteiger partial charge is 0.295 e. The molecule has 1 amide bonds. The summed E-state index contributed by atoms with van der Waals surface area (Å²) in [6.07, 6.45) is 0.706. The van der Waals surface area contributed by atoms with Gasteiger partial charge in [-0.15, -0.1) is 0 Å². The molecule has 3 rings (SSSR count). The predicted molar refractivity (Wildman–Crippen MR) is 122 cm³/mol. The van der Waals surface area contributed by atoms with Crippen LogP contribution >= 0.6 is 0 Å². The second kappa shape index (κ2) is 8.58. The molecule has 1 saturated heterocycles. The number of aliphatic hydroxyl groups excluding tert-OH is 1. The molecule has 1 atom stereocenters. The van der Waals surface area contributed by atoms with Gasteiger partial charge in [0, 0.05) is 6.54 Å². The molecule has 1 unspecified atom stereocenters. The maximum absolute atomic E-state index is 13.0. The monoisotopic (exact) mass is 421 g/mol. The zero-order chi connectivity index (χ0) is 22.9. The van der Waals surface area contributed by atoms with E-state index in [1.807, 2.05) is 44.2 Å². The summed E-state index contributed by atoms with van der Waals surface area (Å²) in [6, 6.07) is 12.7. The topological polar surface area (TPSA) is 66.8 Å². The average molecular weight is 422 g/mol. The maximum atomic E-state index is 13.0. The molecule has 2 aromatic rings. The Hall–Kier alpha value is -3.08. The Bertz CT molecular complexity index is 1030. The number of benzene rings is 2. The second-order valence-corrected chi connectivity index (χ2v) is 9.07. The van der Waals surface area contributed by atoms with Gasteiger partial charge in [-0.3, -0.25) is 9.59 Å². The Morgan fingerprint density at radius 2 is 1.74 bits per heavy atom. The number of Topliss-reactive ketones (excluding diaryl/α,β-unsaturated/α-hetero) is 1. The number of aryl methyl sites for hydroxylation is 1. The number of hydrogen-bond acceptors (Lipinski definition) is 4. The molecule has 0 spiro atoms.